The molecule has 2 heterocycles. The van der Waals surface area contributed by atoms with E-state index in [0.29, 0.717) is 12.8 Å². The second-order valence-corrected chi connectivity index (χ2v) is 4.49. The SMILES string of the molecule is COC(=O)C[C@H]1CC[C@@H]2OC(=O)[C@@H](O)[C@@H](O)[C@H]2O1. The Morgan fingerprint density at radius 2 is 2.17 bits per heavy atom. The normalized spacial score (nSPS) is 39.7. The minimum atomic E-state index is -1.59. The first kappa shape index (κ1) is 13.3. The molecular weight excluding hydrogens is 244 g/mol. The van der Waals surface area contributed by atoms with Gasteiger partial charge in [-0.1, -0.05) is 0 Å². The predicted molar refractivity (Wildman–Crippen MR) is 56.4 cm³/mol. The lowest BCUT2D eigenvalue weighted by Crippen LogP contribution is -2.59. The lowest BCUT2D eigenvalue weighted by atomic mass is 9.91. The molecule has 7 nitrogen and oxygen atoms in total. The number of ether oxygens (including phenoxy) is 3. The van der Waals surface area contributed by atoms with E-state index in [1.807, 2.05) is 0 Å². The molecule has 2 aliphatic rings. The number of esters is 2. The van der Waals surface area contributed by atoms with Crippen LogP contribution in [0.2, 0.25) is 0 Å². The fourth-order valence-corrected chi connectivity index (χ4v) is 2.28. The molecule has 2 fully saturated rings. The fraction of sp³-hybridized carbons (Fsp3) is 0.818. The number of rotatable bonds is 2. The van der Waals surface area contributed by atoms with Crippen LogP contribution in [0.5, 0.6) is 0 Å². The van der Waals surface area contributed by atoms with Crippen molar-refractivity contribution in [1.82, 2.24) is 0 Å². The highest BCUT2D eigenvalue weighted by Crippen LogP contribution is 2.30. The first-order valence-corrected chi connectivity index (χ1v) is 5.82. The second-order valence-electron chi connectivity index (χ2n) is 4.49. The van der Waals surface area contributed by atoms with E-state index < -0.39 is 42.5 Å². The minimum Gasteiger partial charge on any atom is -0.469 e. The monoisotopic (exact) mass is 260 g/mol. The maximum absolute atomic E-state index is 11.2. The van der Waals surface area contributed by atoms with Crippen molar-refractivity contribution in [2.75, 3.05) is 7.11 Å². The van der Waals surface area contributed by atoms with Gasteiger partial charge in [-0.3, -0.25) is 4.79 Å². The number of hydrogen-bond donors (Lipinski definition) is 2. The smallest absolute Gasteiger partial charge is 0.338 e. The molecule has 0 spiro atoms. The third kappa shape index (κ3) is 2.47. The highest BCUT2D eigenvalue weighted by Gasteiger charge is 2.48. The summed E-state index contributed by atoms with van der Waals surface area (Å²) in [6, 6.07) is 0. The van der Waals surface area contributed by atoms with Gasteiger partial charge < -0.3 is 24.4 Å². The highest BCUT2D eigenvalue weighted by atomic mass is 16.6. The number of aliphatic hydroxyl groups excluding tert-OH is 2. The fourth-order valence-electron chi connectivity index (χ4n) is 2.28. The van der Waals surface area contributed by atoms with E-state index in [1.54, 1.807) is 0 Å². The third-order valence-electron chi connectivity index (χ3n) is 3.28. The molecule has 0 unspecified atom stereocenters. The van der Waals surface area contributed by atoms with Crippen molar-refractivity contribution in [2.24, 2.45) is 0 Å². The molecule has 0 aromatic heterocycles. The summed E-state index contributed by atoms with van der Waals surface area (Å²) in [6.07, 6.45) is -3.56. The Kier molecular flexibility index (Phi) is 3.84. The van der Waals surface area contributed by atoms with Crippen molar-refractivity contribution >= 4 is 11.9 Å². The number of hydrogen-bond acceptors (Lipinski definition) is 7. The number of aliphatic hydroxyl groups is 2. The number of carbonyl (C=O) groups excluding carboxylic acids is 2. The minimum absolute atomic E-state index is 0.0798. The lowest BCUT2D eigenvalue weighted by molar-refractivity contribution is -0.234. The molecule has 2 N–H and O–H groups in total. The van der Waals surface area contributed by atoms with Crippen LogP contribution in [0.1, 0.15) is 19.3 Å². The molecule has 0 bridgehead atoms. The summed E-state index contributed by atoms with van der Waals surface area (Å²) < 4.78 is 15.0. The van der Waals surface area contributed by atoms with E-state index in [2.05, 4.69) is 4.74 Å². The van der Waals surface area contributed by atoms with Gasteiger partial charge >= 0.3 is 11.9 Å². The van der Waals surface area contributed by atoms with Crippen molar-refractivity contribution < 1.29 is 34.0 Å². The number of carbonyl (C=O) groups is 2. The van der Waals surface area contributed by atoms with E-state index in [-0.39, 0.29) is 6.42 Å². The Balaban J connectivity index is 1.99. The van der Waals surface area contributed by atoms with Gasteiger partial charge in [0.25, 0.3) is 0 Å². The summed E-state index contributed by atoms with van der Waals surface area (Å²) in [5, 5.41) is 19.2. The van der Waals surface area contributed by atoms with Crippen LogP contribution in [0, 0.1) is 0 Å². The molecule has 0 saturated carbocycles. The van der Waals surface area contributed by atoms with Gasteiger partial charge in [0.2, 0.25) is 0 Å². The molecule has 0 radical (unpaired) electrons. The molecule has 2 saturated heterocycles. The standard InChI is InChI=1S/C11H16O7/c1-16-7(12)4-5-2-3-6-10(17-5)8(13)9(14)11(15)18-6/h5-6,8-10,13-14H,2-4H2,1H3/t5-,6+,8-,9+,10+/m1/s1. The van der Waals surface area contributed by atoms with Gasteiger partial charge in [-0.25, -0.2) is 4.79 Å². The Morgan fingerprint density at radius 3 is 2.83 bits per heavy atom. The Bertz CT molecular complexity index is 340. The van der Waals surface area contributed by atoms with Gasteiger partial charge in [0.1, 0.15) is 18.3 Å². The van der Waals surface area contributed by atoms with Gasteiger partial charge in [0.05, 0.1) is 19.6 Å². The first-order chi connectivity index (χ1) is 8.52. The van der Waals surface area contributed by atoms with Crippen LogP contribution in [0.4, 0.5) is 0 Å². The molecule has 5 atom stereocenters. The summed E-state index contributed by atoms with van der Waals surface area (Å²) in [6.45, 7) is 0. The predicted octanol–water partition coefficient (Wildman–Crippen LogP) is -1.26. The molecule has 18 heavy (non-hydrogen) atoms. The van der Waals surface area contributed by atoms with Gasteiger partial charge in [-0.05, 0) is 12.8 Å². The van der Waals surface area contributed by atoms with Crippen LogP contribution in [0.25, 0.3) is 0 Å². The van der Waals surface area contributed by atoms with Crippen LogP contribution < -0.4 is 0 Å². The highest BCUT2D eigenvalue weighted by molar-refractivity contribution is 5.76. The molecule has 2 rings (SSSR count). The van der Waals surface area contributed by atoms with Gasteiger partial charge in [-0.2, -0.15) is 0 Å². The zero-order valence-corrected chi connectivity index (χ0v) is 9.94. The largest absolute Gasteiger partial charge is 0.469 e. The van der Waals surface area contributed by atoms with Crippen molar-refractivity contribution in [3.8, 4) is 0 Å². The van der Waals surface area contributed by atoms with Crippen molar-refractivity contribution in [3.63, 3.8) is 0 Å². The molecule has 0 amide bonds. The zero-order valence-electron chi connectivity index (χ0n) is 9.94. The first-order valence-electron chi connectivity index (χ1n) is 5.82. The molecule has 102 valence electrons. The maximum atomic E-state index is 11.2. The topological polar surface area (TPSA) is 102 Å². The van der Waals surface area contributed by atoms with Crippen LogP contribution in [-0.2, 0) is 23.8 Å². The molecule has 0 aromatic rings. The van der Waals surface area contributed by atoms with Gasteiger partial charge in [0.15, 0.2) is 6.10 Å². The van der Waals surface area contributed by atoms with Crippen molar-refractivity contribution in [3.05, 3.63) is 0 Å². The molecule has 7 heteroatoms. The summed E-state index contributed by atoms with van der Waals surface area (Å²) in [4.78, 5) is 22.3. The molecule has 2 aliphatic heterocycles. The summed E-state index contributed by atoms with van der Waals surface area (Å²) >= 11 is 0. The second kappa shape index (κ2) is 5.21. The molecule has 0 aromatic carbocycles. The van der Waals surface area contributed by atoms with E-state index >= 15 is 0 Å². The zero-order chi connectivity index (χ0) is 13.3. The average molecular weight is 260 g/mol. The number of fused-ring (bicyclic) bond motifs is 1. The Hall–Kier alpha value is -1.18. The lowest BCUT2D eigenvalue weighted by Gasteiger charge is -2.42. The van der Waals surface area contributed by atoms with E-state index in [1.165, 1.54) is 7.11 Å². The summed E-state index contributed by atoms with van der Waals surface area (Å²) in [7, 11) is 1.29. The van der Waals surface area contributed by atoms with Gasteiger partial charge in [-0.15, -0.1) is 0 Å². The third-order valence-corrected chi connectivity index (χ3v) is 3.28. The van der Waals surface area contributed by atoms with E-state index in [4.69, 9.17) is 9.47 Å². The molecular formula is C11H16O7. The van der Waals surface area contributed by atoms with E-state index in [0.717, 1.165) is 0 Å². The quantitative estimate of drug-likeness (QED) is 0.598. The Morgan fingerprint density at radius 1 is 1.44 bits per heavy atom. The molecule has 0 aliphatic carbocycles. The van der Waals surface area contributed by atoms with Crippen molar-refractivity contribution in [1.29, 1.82) is 0 Å². The van der Waals surface area contributed by atoms with Crippen LogP contribution in [-0.4, -0.2) is 59.8 Å². The maximum Gasteiger partial charge on any atom is 0.338 e. The Labute approximate surface area is 104 Å². The summed E-state index contributed by atoms with van der Waals surface area (Å²) in [5.74, 6) is -1.24. The summed E-state index contributed by atoms with van der Waals surface area (Å²) in [5.41, 5.74) is 0. The van der Waals surface area contributed by atoms with Crippen molar-refractivity contribution in [2.45, 2.75) is 49.8 Å². The number of methoxy groups -OCH3 is 1. The van der Waals surface area contributed by atoms with Crippen LogP contribution >= 0.6 is 0 Å². The van der Waals surface area contributed by atoms with Crippen LogP contribution in [0.3, 0.4) is 0 Å². The average Bonchev–Trinajstić information content (AvgIpc) is 2.37. The van der Waals surface area contributed by atoms with Gasteiger partial charge in [0, 0.05) is 0 Å². The van der Waals surface area contributed by atoms with Crippen LogP contribution in [0.15, 0.2) is 0 Å². The van der Waals surface area contributed by atoms with E-state index in [9.17, 15) is 19.8 Å².